The summed E-state index contributed by atoms with van der Waals surface area (Å²) < 4.78 is 0. The van der Waals surface area contributed by atoms with Crippen molar-refractivity contribution in [1.82, 2.24) is 15.5 Å². The third-order valence-corrected chi connectivity index (χ3v) is 3.33. The average Bonchev–Trinajstić information content (AvgIpc) is 2.77. The zero-order valence-corrected chi connectivity index (χ0v) is 12.0. The molecule has 6 nitrogen and oxygen atoms in total. The molecule has 0 aliphatic carbocycles. The van der Waals surface area contributed by atoms with E-state index in [2.05, 4.69) is 15.5 Å². The van der Waals surface area contributed by atoms with Gasteiger partial charge in [-0.3, -0.25) is 0 Å². The summed E-state index contributed by atoms with van der Waals surface area (Å²) >= 11 is 0. The van der Waals surface area contributed by atoms with Gasteiger partial charge in [-0.2, -0.15) is 0 Å². The summed E-state index contributed by atoms with van der Waals surface area (Å²) in [5, 5.41) is 14.3. The smallest absolute Gasteiger partial charge is 0.326 e. The van der Waals surface area contributed by atoms with Crippen LogP contribution in [0.25, 0.3) is 0 Å². The second kappa shape index (κ2) is 7.33. The van der Waals surface area contributed by atoms with E-state index in [1.165, 1.54) is 12.8 Å². The van der Waals surface area contributed by atoms with Crippen LogP contribution in [0.4, 0.5) is 4.79 Å². The van der Waals surface area contributed by atoms with Crippen molar-refractivity contribution in [3.05, 3.63) is 0 Å². The molecule has 1 unspecified atom stereocenters. The van der Waals surface area contributed by atoms with Gasteiger partial charge in [0.1, 0.15) is 6.04 Å². The van der Waals surface area contributed by atoms with Crippen molar-refractivity contribution in [2.45, 2.75) is 45.7 Å². The molecule has 0 saturated carbocycles. The number of carbonyl (C=O) groups excluding carboxylic acids is 1. The summed E-state index contributed by atoms with van der Waals surface area (Å²) in [5.41, 5.74) is 0. The lowest BCUT2D eigenvalue weighted by atomic mass is 10.1. The fourth-order valence-electron chi connectivity index (χ4n) is 2.32. The van der Waals surface area contributed by atoms with Gasteiger partial charge in [0.05, 0.1) is 0 Å². The number of rotatable bonds is 6. The Hall–Kier alpha value is -1.30. The molecule has 0 radical (unpaired) electrons. The highest BCUT2D eigenvalue weighted by molar-refractivity contribution is 5.82. The summed E-state index contributed by atoms with van der Waals surface area (Å²) in [5.74, 6) is -1.14. The number of nitrogens with one attached hydrogen (secondary N) is 2. The Balaban J connectivity index is 2.34. The number of carboxylic acids is 1. The molecule has 1 aliphatic heterocycles. The van der Waals surface area contributed by atoms with Gasteiger partial charge in [0, 0.05) is 12.6 Å². The Bertz CT molecular complexity index is 314. The molecule has 2 atom stereocenters. The minimum Gasteiger partial charge on any atom is -0.480 e. The fraction of sp³-hybridized carbons (Fsp3) is 0.846. The third kappa shape index (κ3) is 5.46. The minimum atomic E-state index is -1.00. The lowest BCUT2D eigenvalue weighted by molar-refractivity contribution is -0.140. The van der Waals surface area contributed by atoms with Gasteiger partial charge in [-0.05, 0) is 38.8 Å². The first-order valence-corrected chi connectivity index (χ1v) is 6.92. The Morgan fingerprint density at radius 3 is 2.21 bits per heavy atom. The lowest BCUT2D eigenvalue weighted by Crippen LogP contribution is -2.52. The van der Waals surface area contributed by atoms with Crippen molar-refractivity contribution >= 4 is 12.0 Å². The molecule has 0 spiro atoms. The monoisotopic (exact) mass is 271 g/mol. The number of carboxylic acid groups (broad SMARTS) is 1. The van der Waals surface area contributed by atoms with Crippen LogP contribution in [0.15, 0.2) is 0 Å². The quantitative estimate of drug-likeness (QED) is 0.670. The zero-order valence-electron chi connectivity index (χ0n) is 12.0. The first-order valence-electron chi connectivity index (χ1n) is 6.92. The molecule has 1 heterocycles. The van der Waals surface area contributed by atoms with Crippen LogP contribution in [0.1, 0.15) is 33.6 Å². The van der Waals surface area contributed by atoms with Crippen LogP contribution in [0.3, 0.4) is 0 Å². The molecule has 1 saturated heterocycles. The number of hydrogen-bond donors (Lipinski definition) is 3. The highest BCUT2D eigenvalue weighted by Gasteiger charge is 2.24. The Morgan fingerprint density at radius 2 is 1.74 bits per heavy atom. The van der Waals surface area contributed by atoms with Gasteiger partial charge < -0.3 is 20.6 Å². The SMILES string of the molecule is CC(CN1CCCC1)NC(=O)N[C@H](C(=O)O)C(C)C. The second-order valence-corrected chi connectivity index (χ2v) is 5.59. The molecule has 0 aromatic carbocycles. The number of amides is 2. The number of hydrogen-bond acceptors (Lipinski definition) is 3. The van der Waals surface area contributed by atoms with E-state index in [-0.39, 0.29) is 12.0 Å². The Labute approximate surface area is 114 Å². The van der Waals surface area contributed by atoms with E-state index in [0.29, 0.717) is 0 Å². The van der Waals surface area contributed by atoms with Crippen molar-refractivity contribution in [1.29, 1.82) is 0 Å². The number of aliphatic carboxylic acids is 1. The largest absolute Gasteiger partial charge is 0.480 e. The first-order chi connectivity index (χ1) is 8.90. The molecule has 3 N–H and O–H groups in total. The van der Waals surface area contributed by atoms with Crippen LogP contribution in [-0.2, 0) is 4.79 Å². The van der Waals surface area contributed by atoms with E-state index in [4.69, 9.17) is 5.11 Å². The maximum atomic E-state index is 11.7. The van der Waals surface area contributed by atoms with Gasteiger partial charge in [-0.25, -0.2) is 9.59 Å². The van der Waals surface area contributed by atoms with Gasteiger partial charge in [0.25, 0.3) is 0 Å². The van der Waals surface area contributed by atoms with Crippen LogP contribution < -0.4 is 10.6 Å². The Morgan fingerprint density at radius 1 is 1.16 bits per heavy atom. The molecule has 110 valence electrons. The van der Waals surface area contributed by atoms with E-state index < -0.39 is 18.0 Å². The molecule has 1 aliphatic rings. The summed E-state index contributed by atoms with van der Waals surface area (Å²) in [6.45, 7) is 8.45. The van der Waals surface area contributed by atoms with Gasteiger partial charge >= 0.3 is 12.0 Å². The van der Waals surface area contributed by atoms with Crippen LogP contribution >= 0.6 is 0 Å². The molecule has 2 amide bonds. The van der Waals surface area contributed by atoms with Gasteiger partial charge in [0.2, 0.25) is 0 Å². The van der Waals surface area contributed by atoms with Crippen molar-refractivity contribution < 1.29 is 14.7 Å². The molecule has 1 fully saturated rings. The van der Waals surface area contributed by atoms with E-state index in [9.17, 15) is 9.59 Å². The fourth-order valence-corrected chi connectivity index (χ4v) is 2.32. The predicted molar refractivity (Wildman–Crippen MR) is 73.1 cm³/mol. The first kappa shape index (κ1) is 15.8. The van der Waals surface area contributed by atoms with E-state index in [0.717, 1.165) is 19.6 Å². The zero-order chi connectivity index (χ0) is 14.4. The standard InChI is InChI=1S/C13H25N3O3/c1-9(2)11(12(17)18)15-13(19)14-10(3)8-16-6-4-5-7-16/h9-11H,4-8H2,1-3H3,(H,17,18)(H2,14,15,19)/t10?,11-/m0/s1. The molecule has 1 rings (SSSR count). The minimum absolute atomic E-state index is 0.0136. The van der Waals surface area contributed by atoms with Crippen LogP contribution in [0.5, 0.6) is 0 Å². The molecular formula is C13H25N3O3. The highest BCUT2D eigenvalue weighted by atomic mass is 16.4. The van der Waals surface area contributed by atoms with E-state index in [1.54, 1.807) is 13.8 Å². The van der Waals surface area contributed by atoms with Gasteiger partial charge in [-0.1, -0.05) is 13.8 Å². The third-order valence-electron chi connectivity index (χ3n) is 3.33. The molecule has 6 heteroatoms. The van der Waals surface area contributed by atoms with E-state index in [1.807, 2.05) is 6.92 Å². The van der Waals surface area contributed by atoms with E-state index >= 15 is 0 Å². The van der Waals surface area contributed by atoms with Crippen LogP contribution in [-0.4, -0.2) is 53.7 Å². The molecular weight excluding hydrogens is 246 g/mol. The summed E-state index contributed by atoms with van der Waals surface area (Å²) in [6.07, 6.45) is 2.43. The van der Waals surface area contributed by atoms with Gasteiger partial charge in [0.15, 0.2) is 0 Å². The summed E-state index contributed by atoms with van der Waals surface area (Å²) in [7, 11) is 0. The maximum absolute atomic E-state index is 11.7. The number of nitrogens with zero attached hydrogens (tertiary/aromatic N) is 1. The number of urea groups is 1. The lowest BCUT2D eigenvalue weighted by Gasteiger charge is -2.23. The van der Waals surface area contributed by atoms with Crippen LogP contribution in [0, 0.1) is 5.92 Å². The maximum Gasteiger partial charge on any atom is 0.326 e. The van der Waals surface area contributed by atoms with Crippen molar-refractivity contribution in [3.8, 4) is 0 Å². The van der Waals surface area contributed by atoms with Gasteiger partial charge in [-0.15, -0.1) is 0 Å². The van der Waals surface area contributed by atoms with Crippen molar-refractivity contribution in [2.24, 2.45) is 5.92 Å². The topological polar surface area (TPSA) is 81.7 Å². The molecule has 0 aromatic rings. The summed E-state index contributed by atoms with van der Waals surface area (Å²) in [6, 6.07) is -1.24. The Kier molecular flexibility index (Phi) is 6.08. The summed E-state index contributed by atoms with van der Waals surface area (Å²) in [4.78, 5) is 25.0. The van der Waals surface area contributed by atoms with Crippen LogP contribution in [0.2, 0.25) is 0 Å². The number of likely N-dealkylation sites (tertiary alicyclic amines) is 1. The average molecular weight is 271 g/mol. The number of carbonyl (C=O) groups is 2. The van der Waals surface area contributed by atoms with Crippen molar-refractivity contribution in [3.63, 3.8) is 0 Å². The normalized spacial score (nSPS) is 19.2. The molecule has 0 bridgehead atoms. The second-order valence-electron chi connectivity index (χ2n) is 5.59. The molecule has 19 heavy (non-hydrogen) atoms. The predicted octanol–water partition coefficient (Wildman–Crippen LogP) is 0.879. The molecule has 0 aromatic heterocycles. The van der Waals surface area contributed by atoms with Crippen molar-refractivity contribution in [2.75, 3.05) is 19.6 Å². The highest BCUT2D eigenvalue weighted by Crippen LogP contribution is 2.07.